The Balaban J connectivity index is 2.23. The van der Waals surface area contributed by atoms with Gasteiger partial charge in [-0.05, 0) is 29.8 Å². The highest BCUT2D eigenvalue weighted by Gasteiger charge is 2.15. The van der Waals surface area contributed by atoms with Crippen molar-refractivity contribution in [2.45, 2.75) is 0 Å². The van der Waals surface area contributed by atoms with E-state index < -0.39 is 9.85 Å². The fourth-order valence-electron chi connectivity index (χ4n) is 2.18. The maximum absolute atomic E-state index is 12.1. The van der Waals surface area contributed by atoms with Crippen LogP contribution in [0, 0.1) is 20.2 Å². The van der Waals surface area contributed by atoms with Gasteiger partial charge in [-0.15, -0.1) is 0 Å². The molecule has 2 rings (SSSR count). The minimum absolute atomic E-state index is 0.0602. The number of carbonyl (C=O) groups excluding carboxylic acids is 1. The molecule has 8 nitrogen and oxygen atoms in total. The predicted molar refractivity (Wildman–Crippen MR) is 93.9 cm³/mol. The molecular weight excluding hydrogens is 326 g/mol. The fourth-order valence-corrected chi connectivity index (χ4v) is 2.18. The Morgan fingerprint density at radius 2 is 1.64 bits per heavy atom. The van der Waals surface area contributed by atoms with Gasteiger partial charge in [-0.3, -0.25) is 25.0 Å². The average molecular weight is 341 g/mol. The average Bonchev–Trinajstić information content (AvgIpc) is 2.59. The first kappa shape index (κ1) is 17.8. The Labute approximate surface area is 143 Å². The van der Waals surface area contributed by atoms with E-state index in [0.717, 1.165) is 0 Å². The lowest BCUT2D eigenvalue weighted by Gasteiger charge is -2.12. The normalized spacial score (nSPS) is 10.6. The van der Waals surface area contributed by atoms with Crippen LogP contribution in [0.15, 0.2) is 48.5 Å². The van der Waals surface area contributed by atoms with Crippen molar-refractivity contribution in [1.29, 1.82) is 0 Å². The SMILES string of the molecule is CN(C)c1ccc(/C=C/C(=O)c2ccc([N+](=O)[O-])cc2)cc1[N+](=O)[O-]. The van der Waals surface area contributed by atoms with Crippen LogP contribution in [0.4, 0.5) is 17.1 Å². The number of ketones is 1. The van der Waals surface area contributed by atoms with Crippen LogP contribution in [0.25, 0.3) is 6.08 Å². The van der Waals surface area contributed by atoms with E-state index in [9.17, 15) is 25.0 Å². The third-order valence-corrected chi connectivity index (χ3v) is 3.47. The molecule has 0 saturated heterocycles. The van der Waals surface area contributed by atoms with E-state index in [1.54, 1.807) is 31.1 Å². The second kappa shape index (κ2) is 7.35. The smallest absolute Gasteiger partial charge is 0.293 e. The van der Waals surface area contributed by atoms with Crippen LogP contribution in [-0.2, 0) is 0 Å². The van der Waals surface area contributed by atoms with E-state index in [2.05, 4.69) is 0 Å². The second-order valence-corrected chi connectivity index (χ2v) is 5.40. The molecular formula is C17H15N3O5. The lowest BCUT2D eigenvalue weighted by atomic mass is 10.1. The lowest BCUT2D eigenvalue weighted by molar-refractivity contribution is -0.384. The number of hydrogen-bond acceptors (Lipinski definition) is 6. The Morgan fingerprint density at radius 1 is 1.00 bits per heavy atom. The Hall–Kier alpha value is -3.55. The van der Waals surface area contributed by atoms with Gasteiger partial charge in [0.25, 0.3) is 11.4 Å². The highest BCUT2D eigenvalue weighted by molar-refractivity contribution is 6.07. The van der Waals surface area contributed by atoms with Crippen molar-refractivity contribution in [3.05, 3.63) is 79.9 Å². The van der Waals surface area contributed by atoms with Gasteiger partial charge in [0.05, 0.1) is 9.85 Å². The van der Waals surface area contributed by atoms with E-state index in [0.29, 0.717) is 16.8 Å². The van der Waals surface area contributed by atoms with Gasteiger partial charge in [-0.1, -0.05) is 12.1 Å². The first-order valence-electron chi connectivity index (χ1n) is 7.22. The third-order valence-electron chi connectivity index (χ3n) is 3.47. The van der Waals surface area contributed by atoms with Crippen LogP contribution in [-0.4, -0.2) is 29.7 Å². The van der Waals surface area contributed by atoms with Crippen molar-refractivity contribution < 1.29 is 14.6 Å². The molecule has 0 aliphatic rings. The summed E-state index contributed by atoms with van der Waals surface area (Å²) in [7, 11) is 3.41. The zero-order valence-corrected chi connectivity index (χ0v) is 13.6. The number of carbonyl (C=O) groups is 1. The van der Waals surface area contributed by atoms with Gasteiger partial charge in [0.2, 0.25) is 0 Å². The topological polar surface area (TPSA) is 107 Å². The van der Waals surface area contributed by atoms with Crippen molar-refractivity contribution in [3.8, 4) is 0 Å². The summed E-state index contributed by atoms with van der Waals surface area (Å²) in [5.41, 5.74) is 1.10. The maximum Gasteiger partial charge on any atom is 0.293 e. The summed E-state index contributed by atoms with van der Waals surface area (Å²) in [6.45, 7) is 0. The van der Waals surface area contributed by atoms with Crippen molar-refractivity contribution >= 4 is 28.9 Å². The Morgan fingerprint density at radius 3 is 2.16 bits per heavy atom. The Kier molecular flexibility index (Phi) is 5.23. The van der Waals surface area contributed by atoms with Crippen molar-refractivity contribution in [1.82, 2.24) is 0 Å². The molecule has 0 N–H and O–H groups in total. The largest absolute Gasteiger partial charge is 0.372 e. The van der Waals surface area contributed by atoms with Crippen LogP contribution in [0.3, 0.4) is 0 Å². The highest BCUT2D eigenvalue weighted by Crippen LogP contribution is 2.28. The lowest BCUT2D eigenvalue weighted by Crippen LogP contribution is -2.10. The quantitative estimate of drug-likeness (QED) is 0.345. The van der Waals surface area contributed by atoms with E-state index in [1.165, 1.54) is 42.5 Å². The van der Waals surface area contributed by atoms with Gasteiger partial charge in [0.1, 0.15) is 5.69 Å². The van der Waals surface area contributed by atoms with Gasteiger partial charge in [-0.2, -0.15) is 0 Å². The maximum atomic E-state index is 12.1. The van der Waals surface area contributed by atoms with Gasteiger partial charge in [0, 0.05) is 37.9 Å². The number of allylic oxidation sites excluding steroid dienone is 1. The van der Waals surface area contributed by atoms with Gasteiger partial charge >= 0.3 is 0 Å². The molecule has 0 saturated carbocycles. The molecule has 2 aromatic carbocycles. The van der Waals surface area contributed by atoms with Gasteiger partial charge in [0.15, 0.2) is 5.78 Å². The molecule has 25 heavy (non-hydrogen) atoms. The van der Waals surface area contributed by atoms with Gasteiger partial charge < -0.3 is 4.90 Å². The standard InChI is InChI=1S/C17H15N3O5/c1-18(2)15-9-3-12(11-16(15)20(24)25)4-10-17(21)13-5-7-14(8-6-13)19(22)23/h3-11H,1-2H3/b10-4+. The zero-order valence-electron chi connectivity index (χ0n) is 13.6. The fraction of sp³-hybridized carbons (Fsp3) is 0.118. The number of nitrogens with zero attached hydrogens (tertiary/aromatic N) is 3. The number of non-ortho nitro benzene ring substituents is 1. The van der Waals surface area contributed by atoms with Crippen molar-refractivity contribution in [2.24, 2.45) is 0 Å². The number of nitro groups is 2. The molecule has 0 amide bonds. The number of nitro benzene ring substituents is 2. The molecule has 0 aliphatic heterocycles. The summed E-state index contributed by atoms with van der Waals surface area (Å²) in [6, 6.07) is 9.88. The van der Waals surface area contributed by atoms with E-state index in [1.807, 2.05) is 0 Å². The molecule has 0 radical (unpaired) electrons. The molecule has 0 unspecified atom stereocenters. The van der Waals surface area contributed by atoms with Gasteiger partial charge in [-0.25, -0.2) is 0 Å². The van der Waals surface area contributed by atoms with E-state index >= 15 is 0 Å². The first-order valence-corrected chi connectivity index (χ1v) is 7.22. The van der Waals surface area contributed by atoms with E-state index in [4.69, 9.17) is 0 Å². The molecule has 0 heterocycles. The number of benzene rings is 2. The third kappa shape index (κ3) is 4.25. The number of rotatable bonds is 6. The minimum Gasteiger partial charge on any atom is -0.372 e. The molecule has 0 aliphatic carbocycles. The number of hydrogen-bond donors (Lipinski definition) is 0. The Bertz CT molecular complexity index is 857. The summed E-state index contributed by atoms with van der Waals surface area (Å²) in [4.78, 5) is 34.5. The summed E-state index contributed by atoms with van der Waals surface area (Å²) >= 11 is 0. The summed E-state index contributed by atoms with van der Waals surface area (Å²) in [5, 5.41) is 21.8. The zero-order chi connectivity index (χ0) is 18.6. The predicted octanol–water partition coefficient (Wildman–Crippen LogP) is 3.47. The van der Waals surface area contributed by atoms with Crippen LogP contribution < -0.4 is 4.90 Å². The molecule has 0 aromatic heterocycles. The number of anilines is 1. The molecule has 128 valence electrons. The van der Waals surface area contributed by atoms with Crippen LogP contribution in [0.5, 0.6) is 0 Å². The van der Waals surface area contributed by atoms with E-state index in [-0.39, 0.29) is 17.2 Å². The van der Waals surface area contributed by atoms with Crippen molar-refractivity contribution in [3.63, 3.8) is 0 Å². The summed E-state index contributed by atoms with van der Waals surface area (Å²) in [6.07, 6.45) is 2.74. The van der Waals surface area contributed by atoms with Crippen molar-refractivity contribution in [2.75, 3.05) is 19.0 Å². The van der Waals surface area contributed by atoms with Crippen LogP contribution in [0.2, 0.25) is 0 Å². The minimum atomic E-state index is -0.546. The first-order chi connectivity index (χ1) is 11.8. The molecule has 0 fully saturated rings. The summed E-state index contributed by atoms with van der Waals surface area (Å²) in [5.74, 6) is -0.353. The molecule has 2 aromatic rings. The molecule has 0 atom stereocenters. The van der Waals surface area contributed by atoms with Crippen LogP contribution >= 0.6 is 0 Å². The molecule has 0 spiro atoms. The second-order valence-electron chi connectivity index (χ2n) is 5.40. The molecule has 0 bridgehead atoms. The monoisotopic (exact) mass is 341 g/mol. The van der Waals surface area contributed by atoms with Crippen LogP contribution in [0.1, 0.15) is 15.9 Å². The molecule has 8 heteroatoms. The highest BCUT2D eigenvalue weighted by atomic mass is 16.6. The summed E-state index contributed by atoms with van der Waals surface area (Å²) < 4.78 is 0.